The molecule has 0 aliphatic carbocycles. The minimum Gasteiger partial charge on any atom is -0.493 e. The zero-order valence-electron chi connectivity index (χ0n) is 23.5. The molecule has 0 aromatic heterocycles. The molecule has 0 aliphatic heterocycles. The lowest BCUT2D eigenvalue weighted by Gasteiger charge is -2.17. The van der Waals surface area contributed by atoms with Gasteiger partial charge in [0.05, 0.1) is 19.8 Å². The van der Waals surface area contributed by atoms with Crippen molar-refractivity contribution in [3.05, 3.63) is 92.6 Å². The molecule has 0 saturated heterocycles. The van der Waals surface area contributed by atoms with Crippen molar-refractivity contribution in [2.75, 3.05) is 19.8 Å². The minimum atomic E-state index is -0.291. The van der Waals surface area contributed by atoms with E-state index in [2.05, 4.69) is 27.9 Å². The zero-order chi connectivity index (χ0) is 29.5. The van der Waals surface area contributed by atoms with Crippen molar-refractivity contribution < 1.29 is 33.3 Å². The van der Waals surface area contributed by atoms with Crippen LogP contribution in [0, 0.1) is 3.57 Å². The zero-order valence-corrected chi connectivity index (χ0v) is 25.6. The topological polar surface area (TPSA) is 100 Å². The number of nitrogens with one attached hydrogen (secondary N) is 1. The third-order valence-corrected chi connectivity index (χ3v) is 6.65. The van der Waals surface area contributed by atoms with Crippen LogP contribution >= 0.6 is 22.6 Å². The Morgan fingerprint density at radius 1 is 0.829 bits per heavy atom. The Bertz CT molecular complexity index is 1300. The molecular weight excluding hydrogens is 637 g/mol. The van der Waals surface area contributed by atoms with Crippen molar-refractivity contribution in [1.82, 2.24) is 5.32 Å². The molecule has 0 bridgehead atoms. The van der Waals surface area contributed by atoms with E-state index < -0.39 is 0 Å². The molecular formula is C32H36INO7. The summed E-state index contributed by atoms with van der Waals surface area (Å²) in [7, 11) is 0. The first-order valence-corrected chi connectivity index (χ1v) is 14.8. The quantitative estimate of drug-likeness (QED) is 0.113. The maximum Gasteiger partial charge on any atom is 0.306 e. The molecule has 218 valence electrons. The third-order valence-electron chi connectivity index (χ3n) is 6.03. The van der Waals surface area contributed by atoms with Gasteiger partial charge in [0.1, 0.15) is 18.1 Å². The van der Waals surface area contributed by atoms with Crippen LogP contribution in [0.5, 0.6) is 11.5 Å². The Kier molecular flexibility index (Phi) is 13.4. The molecule has 3 aromatic rings. The molecule has 8 nitrogen and oxygen atoms in total. The van der Waals surface area contributed by atoms with E-state index in [1.54, 1.807) is 19.9 Å². The van der Waals surface area contributed by atoms with Crippen LogP contribution in [0.3, 0.4) is 0 Å². The Hall–Kier alpha value is -3.60. The highest BCUT2D eigenvalue weighted by Crippen LogP contribution is 2.27. The summed E-state index contributed by atoms with van der Waals surface area (Å²) in [6, 6.07) is 20.7. The lowest BCUT2D eigenvalue weighted by molar-refractivity contribution is -0.144. The van der Waals surface area contributed by atoms with Gasteiger partial charge >= 0.3 is 11.9 Å². The summed E-state index contributed by atoms with van der Waals surface area (Å²) < 4.78 is 23.1. The first-order valence-electron chi connectivity index (χ1n) is 13.7. The van der Waals surface area contributed by atoms with Crippen LogP contribution in [0.2, 0.25) is 0 Å². The highest BCUT2D eigenvalue weighted by atomic mass is 127. The van der Waals surface area contributed by atoms with E-state index in [1.165, 1.54) is 0 Å². The van der Waals surface area contributed by atoms with E-state index in [0.29, 0.717) is 56.3 Å². The Labute approximate surface area is 254 Å². The number of esters is 2. The fourth-order valence-corrected chi connectivity index (χ4v) is 4.72. The monoisotopic (exact) mass is 673 g/mol. The summed E-state index contributed by atoms with van der Waals surface area (Å²) in [4.78, 5) is 36.6. The van der Waals surface area contributed by atoms with Gasteiger partial charge < -0.3 is 24.3 Å². The van der Waals surface area contributed by atoms with Crippen LogP contribution in [0.25, 0.3) is 0 Å². The summed E-state index contributed by atoms with van der Waals surface area (Å²) in [5.74, 6) is 0.443. The molecule has 9 heteroatoms. The molecule has 0 aliphatic rings. The summed E-state index contributed by atoms with van der Waals surface area (Å²) in [6.45, 7) is 5.18. The van der Waals surface area contributed by atoms with E-state index >= 15 is 0 Å². The van der Waals surface area contributed by atoms with Crippen LogP contribution in [0.1, 0.15) is 60.2 Å². The lowest BCUT2D eigenvalue weighted by atomic mass is 10.0. The van der Waals surface area contributed by atoms with Gasteiger partial charge in [0, 0.05) is 34.1 Å². The van der Waals surface area contributed by atoms with Crippen LogP contribution < -0.4 is 14.8 Å². The number of carbonyl (C=O) groups excluding carboxylic acids is 3. The maximum atomic E-state index is 12.8. The number of benzene rings is 3. The molecule has 3 rings (SSSR count). The van der Waals surface area contributed by atoms with E-state index in [1.807, 2.05) is 60.7 Å². The summed E-state index contributed by atoms with van der Waals surface area (Å²) in [5.41, 5.74) is 3.21. The van der Waals surface area contributed by atoms with Crippen LogP contribution in [-0.2, 0) is 38.6 Å². The number of hydrogen-bond donors (Lipinski definition) is 1. The Morgan fingerprint density at radius 2 is 1.56 bits per heavy atom. The molecule has 0 unspecified atom stereocenters. The first-order chi connectivity index (χ1) is 19.9. The van der Waals surface area contributed by atoms with Crippen LogP contribution in [-0.4, -0.2) is 37.7 Å². The van der Waals surface area contributed by atoms with Gasteiger partial charge in [0.2, 0.25) is 0 Å². The largest absolute Gasteiger partial charge is 0.493 e. The maximum absolute atomic E-state index is 12.8. The number of hydrogen-bond acceptors (Lipinski definition) is 7. The van der Waals surface area contributed by atoms with E-state index in [-0.39, 0.29) is 37.3 Å². The fraction of sp³-hybridized carbons (Fsp3) is 0.344. The Morgan fingerprint density at radius 3 is 2.29 bits per heavy atom. The van der Waals surface area contributed by atoms with E-state index in [0.717, 1.165) is 20.3 Å². The van der Waals surface area contributed by atoms with Gasteiger partial charge in [-0.05, 0) is 84.7 Å². The summed E-state index contributed by atoms with van der Waals surface area (Å²) in [5, 5.41) is 2.95. The smallest absolute Gasteiger partial charge is 0.306 e. The Balaban J connectivity index is 1.70. The van der Waals surface area contributed by atoms with Gasteiger partial charge in [-0.15, -0.1) is 0 Å². The predicted molar refractivity (Wildman–Crippen MR) is 164 cm³/mol. The molecule has 0 spiro atoms. The van der Waals surface area contributed by atoms with Crippen molar-refractivity contribution in [1.29, 1.82) is 0 Å². The van der Waals surface area contributed by atoms with Crippen molar-refractivity contribution in [3.63, 3.8) is 0 Å². The van der Waals surface area contributed by atoms with Crippen molar-refractivity contribution in [2.45, 2.75) is 52.7 Å². The van der Waals surface area contributed by atoms with Gasteiger partial charge in [-0.1, -0.05) is 42.5 Å². The average Bonchev–Trinajstić information content (AvgIpc) is 2.97. The highest BCUT2D eigenvalue weighted by Gasteiger charge is 2.15. The standard InChI is InChI=1S/C32H36INO7/c1-3-38-30(35)14-9-17-40-29-13-8-12-24(28(29)15-16-31(36)39-4-2)22-41-27-19-25(18-26(33)20-27)32(37)34-21-23-10-6-5-7-11-23/h5-8,10-13,18-20H,3-4,9,14-17,21-22H2,1-2H3,(H,34,37). The first kappa shape index (κ1) is 31.9. The number of rotatable bonds is 16. The highest BCUT2D eigenvalue weighted by molar-refractivity contribution is 14.1. The number of carbonyl (C=O) groups is 3. The minimum absolute atomic E-state index is 0.189. The second-order valence-electron chi connectivity index (χ2n) is 9.09. The molecule has 3 aromatic carbocycles. The second kappa shape index (κ2) is 17.3. The molecule has 0 atom stereocenters. The lowest BCUT2D eigenvalue weighted by Crippen LogP contribution is -2.22. The van der Waals surface area contributed by atoms with Gasteiger partial charge in [-0.3, -0.25) is 14.4 Å². The summed E-state index contributed by atoms with van der Waals surface area (Å²) in [6.07, 6.45) is 1.38. The molecule has 0 radical (unpaired) electrons. The number of ether oxygens (including phenoxy) is 4. The normalized spacial score (nSPS) is 10.5. The van der Waals surface area contributed by atoms with Crippen molar-refractivity contribution in [3.8, 4) is 11.5 Å². The second-order valence-corrected chi connectivity index (χ2v) is 10.3. The van der Waals surface area contributed by atoms with Crippen molar-refractivity contribution in [2.24, 2.45) is 0 Å². The molecule has 1 N–H and O–H groups in total. The SMILES string of the molecule is CCOC(=O)CCCOc1cccc(COc2cc(I)cc(C(=O)NCc3ccccc3)c2)c1CCC(=O)OCC. The number of amides is 1. The van der Waals surface area contributed by atoms with Crippen LogP contribution in [0.4, 0.5) is 0 Å². The molecule has 0 saturated carbocycles. The van der Waals surface area contributed by atoms with Gasteiger partial charge in [0.25, 0.3) is 5.91 Å². The van der Waals surface area contributed by atoms with Gasteiger partial charge in [-0.2, -0.15) is 0 Å². The summed E-state index contributed by atoms with van der Waals surface area (Å²) >= 11 is 2.16. The predicted octanol–water partition coefficient (Wildman–Crippen LogP) is 6.02. The fourth-order valence-electron chi connectivity index (χ4n) is 4.08. The molecule has 41 heavy (non-hydrogen) atoms. The van der Waals surface area contributed by atoms with E-state index in [4.69, 9.17) is 18.9 Å². The number of halogens is 1. The molecule has 1 amide bonds. The molecule has 0 heterocycles. The van der Waals surface area contributed by atoms with Gasteiger partial charge in [-0.25, -0.2) is 0 Å². The van der Waals surface area contributed by atoms with Crippen LogP contribution in [0.15, 0.2) is 66.7 Å². The van der Waals surface area contributed by atoms with Crippen molar-refractivity contribution >= 4 is 40.4 Å². The van der Waals surface area contributed by atoms with E-state index in [9.17, 15) is 14.4 Å². The molecule has 0 fully saturated rings. The average molecular weight is 674 g/mol. The van der Waals surface area contributed by atoms with Gasteiger partial charge in [0.15, 0.2) is 0 Å². The third kappa shape index (κ3) is 11.1.